The number of aliphatic imine (C=N–C) groups is 1. The van der Waals surface area contributed by atoms with Crippen molar-refractivity contribution in [1.29, 1.82) is 0 Å². The summed E-state index contributed by atoms with van der Waals surface area (Å²) in [6.07, 6.45) is 0.871. The van der Waals surface area contributed by atoms with E-state index in [9.17, 15) is 9.18 Å². The maximum absolute atomic E-state index is 13.6. The molecule has 0 saturated heterocycles. The summed E-state index contributed by atoms with van der Waals surface area (Å²) in [4.78, 5) is 14.4. The van der Waals surface area contributed by atoms with Gasteiger partial charge in [0.15, 0.2) is 5.82 Å². The highest BCUT2D eigenvalue weighted by Gasteiger charge is 2.11. The third-order valence-electron chi connectivity index (χ3n) is 1.97. The number of carbonyl (C=O) groups is 1. The average Bonchev–Trinajstić information content (AvgIpc) is 2.28. The van der Waals surface area contributed by atoms with Gasteiger partial charge in [-0.05, 0) is 35.0 Å². The number of carboxylic acid groups (broad SMARTS) is 1. The SMILES string of the molecule is CC(O)=C(C=Nc1ccc(Cl)c(Br)c1F)C(=O)O. The minimum atomic E-state index is -1.35. The Morgan fingerprint density at radius 1 is 1.50 bits per heavy atom. The van der Waals surface area contributed by atoms with E-state index in [4.69, 9.17) is 21.8 Å². The molecule has 0 amide bonds. The molecule has 0 bridgehead atoms. The van der Waals surface area contributed by atoms with E-state index in [0.717, 1.165) is 6.21 Å². The summed E-state index contributed by atoms with van der Waals surface area (Å²) in [7, 11) is 0. The standard InChI is InChI=1S/C11H8BrClFNO3/c1-5(16)6(11(17)18)4-15-8-3-2-7(13)9(12)10(8)14/h2-4,16H,1H3,(H,17,18). The molecule has 96 valence electrons. The number of benzene rings is 1. The summed E-state index contributed by atoms with van der Waals surface area (Å²) >= 11 is 8.60. The van der Waals surface area contributed by atoms with Gasteiger partial charge in [0.1, 0.15) is 11.3 Å². The first-order chi connectivity index (χ1) is 8.34. The molecule has 0 atom stereocenters. The molecule has 7 heteroatoms. The number of aliphatic hydroxyl groups is 1. The smallest absolute Gasteiger partial charge is 0.340 e. The molecular formula is C11H8BrClFNO3. The summed E-state index contributed by atoms with van der Waals surface area (Å²) in [6.45, 7) is 1.20. The van der Waals surface area contributed by atoms with Gasteiger partial charge in [0.2, 0.25) is 0 Å². The number of aliphatic hydroxyl groups excluding tert-OH is 1. The molecule has 0 saturated carbocycles. The van der Waals surface area contributed by atoms with Crippen molar-refractivity contribution in [1.82, 2.24) is 0 Å². The second-order valence-corrected chi connectivity index (χ2v) is 4.46. The minimum absolute atomic E-state index is 0.0420. The number of hydrogen-bond acceptors (Lipinski definition) is 3. The first kappa shape index (κ1) is 14.7. The van der Waals surface area contributed by atoms with Crippen LogP contribution in [0.1, 0.15) is 6.92 Å². The Kier molecular flexibility index (Phi) is 4.86. The zero-order chi connectivity index (χ0) is 13.9. The summed E-state index contributed by atoms with van der Waals surface area (Å²) in [6, 6.07) is 2.71. The van der Waals surface area contributed by atoms with Crippen molar-refractivity contribution >= 4 is 45.4 Å². The van der Waals surface area contributed by atoms with Gasteiger partial charge in [0.05, 0.1) is 15.2 Å². The summed E-state index contributed by atoms with van der Waals surface area (Å²) in [5.74, 6) is -2.48. The molecule has 1 rings (SSSR count). The zero-order valence-corrected chi connectivity index (χ0v) is 11.5. The maximum Gasteiger partial charge on any atom is 0.340 e. The van der Waals surface area contributed by atoms with E-state index < -0.39 is 23.1 Å². The first-order valence-electron chi connectivity index (χ1n) is 4.65. The van der Waals surface area contributed by atoms with E-state index in [-0.39, 0.29) is 15.2 Å². The normalized spacial score (nSPS) is 12.7. The highest BCUT2D eigenvalue weighted by molar-refractivity contribution is 9.10. The monoisotopic (exact) mass is 335 g/mol. The van der Waals surface area contributed by atoms with Gasteiger partial charge >= 0.3 is 5.97 Å². The van der Waals surface area contributed by atoms with Gasteiger partial charge in [-0.1, -0.05) is 11.6 Å². The van der Waals surface area contributed by atoms with Gasteiger partial charge in [0, 0.05) is 6.21 Å². The van der Waals surface area contributed by atoms with Crippen molar-refractivity contribution in [2.45, 2.75) is 6.92 Å². The van der Waals surface area contributed by atoms with Crippen molar-refractivity contribution in [3.05, 3.63) is 38.8 Å². The van der Waals surface area contributed by atoms with Crippen LogP contribution in [0.5, 0.6) is 0 Å². The van der Waals surface area contributed by atoms with E-state index in [2.05, 4.69) is 20.9 Å². The summed E-state index contributed by atoms with van der Waals surface area (Å²) < 4.78 is 13.7. The molecule has 1 aromatic rings. The quantitative estimate of drug-likeness (QED) is 0.381. The molecule has 0 unspecified atom stereocenters. The van der Waals surface area contributed by atoms with Gasteiger partial charge < -0.3 is 10.2 Å². The van der Waals surface area contributed by atoms with E-state index in [1.807, 2.05) is 0 Å². The van der Waals surface area contributed by atoms with Crippen LogP contribution in [0.15, 0.2) is 32.9 Å². The van der Waals surface area contributed by atoms with Crippen LogP contribution in [-0.2, 0) is 4.79 Å². The lowest BCUT2D eigenvalue weighted by Crippen LogP contribution is -2.04. The molecule has 0 spiro atoms. The fraction of sp³-hybridized carbons (Fsp3) is 0.0909. The van der Waals surface area contributed by atoms with E-state index in [1.165, 1.54) is 19.1 Å². The number of hydrogen-bond donors (Lipinski definition) is 2. The number of carboxylic acids is 1. The Labute approximate surface area is 116 Å². The van der Waals surface area contributed by atoms with Gasteiger partial charge in [0.25, 0.3) is 0 Å². The maximum atomic E-state index is 13.6. The van der Waals surface area contributed by atoms with Gasteiger partial charge in [-0.25, -0.2) is 9.18 Å². The van der Waals surface area contributed by atoms with Gasteiger partial charge in [-0.2, -0.15) is 0 Å². The Balaban J connectivity index is 3.17. The number of halogens is 3. The van der Waals surface area contributed by atoms with Crippen LogP contribution in [0.25, 0.3) is 0 Å². The number of aliphatic carboxylic acids is 1. The number of nitrogens with zero attached hydrogens (tertiary/aromatic N) is 1. The van der Waals surface area contributed by atoms with E-state index in [1.54, 1.807) is 0 Å². The van der Waals surface area contributed by atoms with Crippen LogP contribution in [0.3, 0.4) is 0 Å². The largest absolute Gasteiger partial charge is 0.512 e. The summed E-state index contributed by atoms with van der Waals surface area (Å²) in [5, 5.41) is 18.0. The van der Waals surface area contributed by atoms with Crippen LogP contribution in [0.2, 0.25) is 5.02 Å². The van der Waals surface area contributed by atoms with Gasteiger partial charge in [-0.15, -0.1) is 0 Å². The Bertz CT molecular complexity index is 553. The fourth-order valence-electron chi connectivity index (χ4n) is 1.05. The molecule has 2 N–H and O–H groups in total. The lowest BCUT2D eigenvalue weighted by molar-refractivity contribution is -0.132. The van der Waals surface area contributed by atoms with Crippen molar-refractivity contribution in [2.24, 2.45) is 4.99 Å². The molecule has 0 radical (unpaired) electrons. The van der Waals surface area contributed by atoms with Crippen LogP contribution < -0.4 is 0 Å². The Morgan fingerprint density at radius 2 is 2.11 bits per heavy atom. The van der Waals surface area contributed by atoms with E-state index >= 15 is 0 Å². The van der Waals surface area contributed by atoms with Crippen LogP contribution in [0.4, 0.5) is 10.1 Å². The van der Waals surface area contributed by atoms with Crippen molar-refractivity contribution in [2.75, 3.05) is 0 Å². The molecule has 18 heavy (non-hydrogen) atoms. The first-order valence-corrected chi connectivity index (χ1v) is 5.82. The topological polar surface area (TPSA) is 69.9 Å². The molecular weight excluding hydrogens is 328 g/mol. The Morgan fingerprint density at radius 3 is 2.61 bits per heavy atom. The van der Waals surface area contributed by atoms with E-state index in [0.29, 0.717) is 0 Å². The predicted octanol–water partition coefficient (Wildman–Crippen LogP) is 3.86. The molecule has 1 aromatic carbocycles. The number of rotatable bonds is 3. The third-order valence-corrected chi connectivity index (χ3v) is 3.29. The van der Waals surface area contributed by atoms with Crippen molar-refractivity contribution in [3.8, 4) is 0 Å². The fourth-order valence-corrected chi connectivity index (χ4v) is 1.53. The molecule has 0 aliphatic carbocycles. The molecule has 0 heterocycles. The molecule has 4 nitrogen and oxygen atoms in total. The van der Waals surface area contributed by atoms with Crippen molar-refractivity contribution < 1.29 is 19.4 Å². The van der Waals surface area contributed by atoms with Crippen LogP contribution in [0, 0.1) is 5.82 Å². The highest BCUT2D eigenvalue weighted by Crippen LogP contribution is 2.31. The predicted molar refractivity (Wildman–Crippen MR) is 70.2 cm³/mol. The second-order valence-electron chi connectivity index (χ2n) is 3.26. The zero-order valence-electron chi connectivity index (χ0n) is 9.12. The minimum Gasteiger partial charge on any atom is -0.512 e. The van der Waals surface area contributed by atoms with Crippen LogP contribution >= 0.6 is 27.5 Å². The molecule has 0 aromatic heterocycles. The number of allylic oxidation sites excluding steroid dienone is 1. The third kappa shape index (κ3) is 3.30. The van der Waals surface area contributed by atoms with Gasteiger partial charge in [-0.3, -0.25) is 4.99 Å². The lowest BCUT2D eigenvalue weighted by atomic mass is 10.2. The molecule has 0 aliphatic heterocycles. The highest BCUT2D eigenvalue weighted by atomic mass is 79.9. The van der Waals surface area contributed by atoms with Crippen LogP contribution in [-0.4, -0.2) is 22.4 Å². The van der Waals surface area contributed by atoms with Crippen molar-refractivity contribution in [3.63, 3.8) is 0 Å². The summed E-state index contributed by atoms with van der Waals surface area (Å²) in [5.41, 5.74) is -0.508. The molecule has 0 fully saturated rings. The molecule has 0 aliphatic rings. The Hall–Kier alpha value is -1.40. The average molecular weight is 337 g/mol. The lowest BCUT2D eigenvalue weighted by Gasteiger charge is -2.01. The second kappa shape index (κ2) is 5.97.